The molecule has 16 heavy (non-hydrogen) atoms. The molecule has 0 aromatic heterocycles. The monoisotopic (exact) mass is 298 g/mol. The first kappa shape index (κ1) is 11.4. The maximum absolute atomic E-state index is 11.7. The molecule has 2 rings (SSSR count). The molecule has 0 bridgehead atoms. The van der Waals surface area contributed by atoms with Gasteiger partial charge in [0.15, 0.2) is 0 Å². The van der Waals surface area contributed by atoms with E-state index in [-0.39, 0.29) is 18.2 Å². The van der Waals surface area contributed by atoms with E-state index in [9.17, 15) is 4.79 Å². The van der Waals surface area contributed by atoms with E-state index in [4.69, 9.17) is 16.9 Å². The fraction of sp³-hybridized carbons (Fsp3) is 0.273. The summed E-state index contributed by atoms with van der Waals surface area (Å²) in [7, 11) is 0. The minimum absolute atomic E-state index is 0.0329. The van der Waals surface area contributed by atoms with Crippen molar-refractivity contribution in [1.82, 2.24) is 0 Å². The van der Waals surface area contributed by atoms with Crippen molar-refractivity contribution in [3.63, 3.8) is 0 Å². The van der Waals surface area contributed by atoms with E-state index in [2.05, 4.69) is 22.0 Å². The minimum atomic E-state index is -0.224. The number of halogens is 2. The van der Waals surface area contributed by atoms with Crippen molar-refractivity contribution in [3.05, 3.63) is 27.7 Å². The van der Waals surface area contributed by atoms with Gasteiger partial charge in [-0.05, 0) is 28.1 Å². The third-order valence-corrected chi connectivity index (χ3v) is 3.91. The van der Waals surface area contributed by atoms with Gasteiger partial charge in [-0.1, -0.05) is 17.7 Å². The van der Waals surface area contributed by atoms with Gasteiger partial charge in [0.2, 0.25) is 5.91 Å². The molecule has 0 aliphatic carbocycles. The van der Waals surface area contributed by atoms with Gasteiger partial charge < -0.3 is 4.90 Å². The summed E-state index contributed by atoms with van der Waals surface area (Å²) in [6, 6.07) is 7.47. The second kappa shape index (κ2) is 4.44. The Kier molecular flexibility index (Phi) is 3.17. The summed E-state index contributed by atoms with van der Waals surface area (Å²) >= 11 is 9.31. The van der Waals surface area contributed by atoms with Crippen LogP contribution in [0.15, 0.2) is 22.7 Å². The highest BCUT2D eigenvalue weighted by Gasteiger charge is 2.31. The van der Waals surface area contributed by atoms with E-state index in [0.717, 1.165) is 5.69 Å². The number of hydrogen-bond acceptors (Lipinski definition) is 2. The molecule has 1 atom stereocenters. The van der Waals surface area contributed by atoms with Crippen LogP contribution in [0, 0.1) is 17.2 Å². The van der Waals surface area contributed by atoms with Crippen LogP contribution in [0.1, 0.15) is 6.42 Å². The lowest BCUT2D eigenvalue weighted by atomic mass is 10.1. The van der Waals surface area contributed by atoms with Crippen LogP contribution >= 0.6 is 27.5 Å². The third kappa shape index (κ3) is 1.93. The van der Waals surface area contributed by atoms with Crippen molar-refractivity contribution in [2.45, 2.75) is 6.42 Å². The van der Waals surface area contributed by atoms with Gasteiger partial charge >= 0.3 is 0 Å². The number of nitriles is 1. The minimum Gasteiger partial charge on any atom is -0.310 e. The summed E-state index contributed by atoms with van der Waals surface area (Å²) in [5.41, 5.74) is 0.732. The maximum atomic E-state index is 11.7. The molecule has 0 spiro atoms. The highest BCUT2D eigenvalue weighted by atomic mass is 79.9. The van der Waals surface area contributed by atoms with Crippen LogP contribution in [-0.2, 0) is 4.79 Å². The number of anilines is 1. The normalized spacial score (nSPS) is 19.9. The van der Waals surface area contributed by atoms with Crippen LogP contribution in [-0.4, -0.2) is 12.5 Å². The molecule has 1 saturated heterocycles. The van der Waals surface area contributed by atoms with E-state index in [1.54, 1.807) is 17.0 Å². The topological polar surface area (TPSA) is 44.1 Å². The Hall–Kier alpha value is -1.05. The second-order valence-corrected chi connectivity index (χ2v) is 4.81. The second-order valence-electron chi connectivity index (χ2n) is 3.61. The van der Waals surface area contributed by atoms with Gasteiger partial charge in [-0.2, -0.15) is 5.26 Å². The molecule has 1 aromatic carbocycles. The Morgan fingerprint density at radius 1 is 1.56 bits per heavy atom. The van der Waals surface area contributed by atoms with E-state index >= 15 is 0 Å². The van der Waals surface area contributed by atoms with Crippen LogP contribution in [0.4, 0.5) is 5.69 Å². The standard InChI is InChI=1S/C11H8BrClN2O/c12-11-8(13)2-1-3-9(11)15-6-7(5-14)4-10(15)16/h1-3,7H,4,6H2. The Morgan fingerprint density at radius 3 is 2.94 bits per heavy atom. The summed E-state index contributed by atoms with van der Waals surface area (Å²) in [5.74, 6) is -0.257. The lowest BCUT2D eigenvalue weighted by Crippen LogP contribution is -2.24. The third-order valence-electron chi connectivity index (χ3n) is 2.53. The van der Waals surface area contributed by atoms with Crippen LogP contribution in [0.25, 0.3) is 0 Å². The van der Waals surface area contributed by atoms with Crippen molar-refractivity contribution in [1.29, 1.82) is 5.26 Å². The number of nitrogens with zero attached hydrogens (tertiary/aromatic N) is 2. The van der Waals surface area contributed by atoms with Crippen molar-refractivity contribution in [3.8, 4) is 6.07 Å². The summed E-state index contributed by atoms with van der Waals surface area (Å²) < 4.78 is 0.698. The molecule has 1 unspecified atom stereocenters. The van der Waals surface area contributed by atoms with Gasteiger partial charge in [0.05, 0.1) is 27.2 Å². The van der Waals surface area contributed by atoms with E-state index in [1.807, 2.05) is 6.07 Å². The Bertz CT molecular complexity index is 483. The maximum Gasteiger partial charge on any atom is 0.228 e. The van der Waals surface area contributed by atoms with Crippen molar-refractivity contribution < 1.29 is 4.79 Å². The zero-order valence-corrected chi connectivity index (χ0v) is 10.6. The van der Waals surface area contributed by atoms with Crippen molar-refractivity contribution in [2.75, 3.05) is 11.4 Å². The molecule has 1 aliphatic rings. The van der Waals surface area contributed by atoms with Crippen LogP contribution in [0.5, 0.6) is 0 Å². The molecular weight excluding hydrogens is 291 g/mol. The number of carbonyl (C=O) groups excluding carboxylic acids is 1. The van der Waals surface area contributed by atoms with Gasteiger partial charge in [0.25, 0.3) is 0 Å². The van der Waals surface area contributed by atoms with Gasteiger partial charge in [-0.15, -0.1) is 0 Å². The zero-order chi connectivity index (χ0) is 11.7. The average molecular weight is 300 g/mol. The predicted molar refractivity (Wildman–Crippen MR) is 65.2 cm³/mol. The SMILES string of the molecule is N#CC1CC(=O)N(c2cccc(Cl)c2Br)C1. The lowest BCUT2D eigenvalue weighted by Gasteiger charge is -2.17. The molecule has 1 heterocycles. The molecule has 0 saturated carbocycles. The largest absolute Gasteiger partial charge is 0.310 e. The van der Waals surface area contributed by atoms with Gasteiger partial charge in [0.1, 0.15) is 0 Å². The van der Waals surface area contributed by atoms with Gasteiger partial charge in [-0.3, -0.25) is 4.79 Å². The molecule has 5 heteroatoms. The molecule has 1 fully saturated rings. The van der Waals surface area contributed by atoms with Crippen molar-refractivity contribution in [2.24, 2.45) is 5.92 Å². The molecule has 0 N–H and O–H groups in total. The number of rotatable bonds is 1. The Morgan fingerprint density at radius 2 is 2.31 bits per heavy atom. The number of hydrogen-bond donors (Lipinski definition) is 0. The highest BCUT2D eigenvalue weighted by molar-refractivity contribution is 9.10. The molecule has 1 aromatic rings. The van der Waals surface area contributed by atoms with Crippen LogP contribution in [0.2, 0.25) is 5.02 Å². The van der Waals surface area contributed by atoms with Gasteiger partial charge in [0, 0.05) is 13.0 Å². The van der Waals surface area contributed by atoms with E-state index < -0.39 is 0 Å². The number of amides is 1. The highest BCUT2D eigenvalue weighted by Crippen LogP contribution is 2.35. The fourth-order valence-corrected chi connectivity index (χ4v) is 2.38. The predicted octanol–water partition coefficient (Wildman–Crippen LogP) is 2.98. The summed E-state index contributed by atoms with van der Waals surface area (Å²) in [6.45, 7) is 0.439. The first-order chi connectivity index (χ1) is 7.63. The molecule has 0 radical (unpaired) electrons. The number of benzene rings is 1. The molecule has 82 valence electrons. The van der Waals surface area contributed by atoms with E-state index in [0.29, 0.717) is 16.0 Å². The zero-order valence-electron chi connectivity index (χ0n) is 8.28. The quantitative estimate of drug-likeness (QED) is 0.800. The first-order valence-corrected chi connectivity index (χ1v) is 5.94. The van der Waals surface area contributed by atoms with Crippen LogP contribution < -0.4 is 4.90 Å². The summed E-state index contributed by atoms with van der Waals surface area (Å²) in [5, 5.41) is 9.37. The Labute approximate surface area is 107 Å². The smallest absolute Gasteiger partial charge is 0.228 e. The van der Waals surface area contributed by atoms with Gasteiger partial charge in [-0.25, -0.2) is 0 Å². The average Bonchev–Trinajstić information content (AvgIpc) is 2.64. The van der Waals surface area contributed by atoms with Crippen LogP contribution in [0.3, 0.4) is 0 Å². The molecule has 1 amide bonds. The molecular formula is C11H8BrClN2O. The summed E-state index contributed by atoms with van der Waals surface area (Å²) in [4.78, 5) is 13.3. The lowest BCUT2D eigenvalue weighted by molar-refractivity contribution is -0.117. The van der Waals surface area contributed by atoms with E-state index in [1.165, 1.54) is 0 Å². The molecule has 3 nitrogen and oxygen atoms in total. The summed E-state index contributed by atoms with van der Waals surface area (Å²) in [6.07, 6.45) is 0.287. The fourth-order valence-electron chi connectivity index (χ4n) is 1.73. The Balaban J connectivity index is 2.36. The molecule has 1 aliphatic heterocycles. The van der Waals surface area contributed by atoms with Crippen molar-refractivity contribution >= 4 is 39.1 Å². The first-order valence-electron chi connectivity index (χ1n) is 4.77. The number of carbonyl (C=O) groups is 1.